The van der Waals surface area contributed by atoms with E-state index in [4.69, 9.17) is 4.42 Å². The molecule has 0 radical (unpaired) electrons. The van der Waals surface area contributed by atoms with Crippen LogP contribution in [0.1, 0.15) is 32.4 Å². The molecule has 7 heteroatoms. The van der Waals surface area contributed by atoms with Crippen LogP contribution in [0.5, 0.6) is 0 Å². The fraction of sp³-hybridized carbons (Fsp3) is 0.667. The molecule has 0 aliphatic heterocycles. The van der Waals surface area contributed by atoms with Crippen molar-refractivity contribution in [2.75, 3.05) is 13.6 Å². The van der Waals surface area contributed by atoms with Gasteiger partial charge in [-0.1, -0.05) is 26.7 Å². The lowest BCUT2D eigenvalue weighted by molar-refractivity contribution is 0.466. The third-order valence-electron chi connectivity index (χ3n) is 3.06. The molecule has 1 rings (SSSR count). The number of rotatable bonds is 8. The summed E-state index contributed by atoms with van der Waals surface area (Å²) in [7, 11) is -1.75. The first-order valence-corrected chi connectivity index (χ1v) is 8.64. The summed E-state index contributed by atoms with van der Waals surface area (Å²) in [5, 5.41) is 2.91. The molecule has 1 aromatic heterocycles. The first-order chi connectivity index (χ1) is 8.94. The summed E-state index contributed by atoms with van der Waals surface area (Å²) in [5.41, 5.74) is 0. The third kappa shape index (κ3) is 4.59. The molecular formula is C12H21BrN2O3S. The van der Waals surface area contributed by atoms with Gasteiger partial charge >= 0.3 is 0 Å². The molecule has 0 saturated carbocycles. The Kier molecular flexibility index (Phi) is 6.52. The van der Waals surface area contributed by atoms with E-state index in [-0.39, 0.29) is 9.56 Å². The van der Waals surface area contributed by atoms with Crippen LogP contribution < -0.4 is 10.0 Å². The first-order valence-electron chi connectivity index (χ1n) is 6.37. The fourth-order valence-electron chi connectivity index (χ4n) is 1.73. The van der Waals surface area contributed by atoms with Crippen LogP contribution in [0.4, 0.5) is 0 Å². The van der Waals surface area contributed by atoms with E-state index in [1.807, 2.05) is 0 Å². The molecule has 0 unspecified atom stereocenters. The minimum absolute atomic E-state index is 0.156. The number of hydrogen-bond donors (Lipinski definition) is 2. The minimum Gasteiger partial charge on any atom is -0.452 e. The van der Waals surface area contributed by atoms with E-state index < -0.39 is 10.0 Å². The highest BCUT2D eigenvalue weighted by atomic mass is 79.9. The molecule has 19 heavy (non-hydrogen) atoms. The molecule has 0 fully saturated rings. The Morgan fingerprint density at radius 1 is 1.37 bits per heavy atom. The van der Waals surface area contributed by atoms with Gasteiger partial charge in [0, 0.05) is 12.6 Å². The highest BCUT2D eigenvalue weighted by molar-refractivity contribution is 9.10. The van der Waals surface area contributed by atoms with E-state index in [0.29, 0.717) is 24.8 Å². The first kappa shape index (κ1) is 16.7. The lowest BCUT2D eigenvalue weighted by atomic mass is 10.0. The summed E-state index contributed by atoms with van der Waals surface area (Å²) in [6.07, 6.45) is 1.91. The summed E-state index contributed by atoms with van der Waals surface area (Å²) >= 11 is 3.15. The molecule has 1 aromatic rings. The molecule has 0 aliphatic rings. The summed E-state index contributed by atoms with van der Waals surface area (Å²) in [6.45, 7) is 5.05. The smallest absolute Gasteiger partial charge is 0.244 e. The van der Waals surface area contributed by atoms with E-state index >= 15 is 0 Å². The van der Waals surface area contributed by atoms with Crippen molar-refractivity contribution < 1.29 is 12.8 Å². The Morgan fingerprint density at radius 3 is 2.53 bits per heavy atom. The Hall–Kier alpha value is -0.370. The van der Waals surface area contributed by atoms with E-state index in [1.54, 1.807) is 7.05 Å². The fourth-order valence-corrected chi connectivity index (χ4v) is 3.84. The lowest BCUT2D eigenvalue weighted by Gasteiger charge is -2.12. The Labute approximate surface area is 123 Å². The maximum atomic E-state index is 12.2. The molecule has 0 spiro atoms. The molecule has 0 atom stereocenters. The zero-order valence-corrected chi connectivity index (χ0v) is 13.9. The van der Waals surface area contributed by atoms with Gasteiger partial charge in [-0.05, 0) is 28.9 Å². The second-order valence-electron chi connectivity index (χ2n) is 4.42. The molecule has 0 saturated heterocycles. The van der Waals surface area contributed by atoms with Crippen molar-refractivity contribution in [2.45, 2.75) is 38.1 Å². The molecule has 0 aliphatic carbocycles. The molecule has 2 N–H and O–H groups in total. The van der Waals surface area contributed by atoms with Gasteiger partial charge in [0.25, 0.3) is 0 Å². The van der Waals surface area contributed by atoms with Gasteiger partial charge in [0.05, 0.1) is 6.54 Å². The molecule has 110 valence electrons. The van der Waals surface area contributed by atoms with Gasteiger partial charge in [-0.2, -0.15) is 0 Å². The molecule has 0 amide bonds. The van der Waals surface area contributed by atoms with Crippen molar-refractivity contribution in [3.05, 3.63) is 16.5 Å². The Balaban J connectivity index is 2.82. The van der Waals surface area contributed by atoms with Gasteiger partial charge in [0.2, 0.25) is 10.0 Å². The molecule has 1 heterocycles. The highest BCUT2D eigenvalue weighted by Gasteiger charge is 2.22. The Bertz CT molecular complexity index is 495. The van der Waals surface area contributed by atoms with E-state index in [9.17, 15) is 8.42 Å². The van der Waals surface area contributed by atoms with Gasteiger partial charge in [-0.3, -0.25) is 0 Å². The average molecular weight is 353 g/mol. The van der Waals surface area contributed by atoms with Crippen LogP contribution in [0.15, 0.2) is 20.0 Å². The standard InChI is InChI=1S/C12H21BrN2O3S/c1-4-9(5-2)7-15-19(16,17)11-6-10(8-14-3)18-12(11)13/h6,9,14-15H,4-5,7-8H2,1-3H3. The van der Waals surface area contributed by atoms with Crippen LogP contribution in [0.3, 0.4) is 0 Å². The highest BCUT2D eigenvalue weighted by Crippen LogP contribution is 2.26. The normalized spacial score (nSPS) is 12.3. The van der Waals surface area contributed by atoms with E-state index in [1.165, 1.54) is 6.07 Å². The number of nitrogens with one attached hydrogen (secondary N) is 2. The van der Waals surface area contributed by atoms with Crippen molar-refractivity contribution in [3.63, 3.8) is 0 Å². The summed E-state index contributed by atoms with van der Waals surface area (Å²) in [4.78, 5) is 0.156. The number of halogens is 1. The van der Waals surface area contributed by atoms with E-state index in [0.717, 1.165) is 12.8 Å². The number of hydrogen-bond acceptors (Lipinski definition) is 4. The third-order valence-corrected chi connectivity index (χ3v) is 5.34. The SMILES string of the molecule is CCC(CC)CNS(=O)(=O)c1cc(CNC)oc1Br. The van der Waals surface area contributed by atoms with Crippen molar-refractivity contribution in [1.82, 2.24) is 10.0 Å². The predicted octanol–water partition coefficient (Wildman–Crippen LogP) is 2.48. The zero-order chi connectivity index (χ0) is 14.5. The van der Waals surface area contributed by atoms with Crippen molar-refractivity contribution >= 4 is 26.0 Å². The van der Waals surface area contributed by atoms with Crippen LogP contribution in [-0.2, 0) is 16.6 Å². The van der Waals surface area contributed by atoms with Crippen molar-refractivity contribution in [3.8, 4) is 0 Å². The quantitative estimate of drug-likeness (QED) is 0.753. The number of furan rings is 1. The van der Waals surface area contributed by atoms with Gasteiger partial charge in [0.15, 0.2) is 4.67 Å². The molecule has 0 aromatic carbocycles. The van der Waals surface area contributed by atoms with Gasteiger partial charge in [0.1, 0.15) is 10.7 Å². The Morgan fingerprint density at radius 2 is 2.00 bits per heavy atom. The van der Waals surface area contributed by atoms with Crippen LogP contribution >= 0.6 is 15.9 Å². The largest absolute Gasteiger partial charge is 0.452 e. The molecule has 5 nitrogen and oxygen atoms in total. The van der Waals surface area contributed by atoms with Crippen molar-refractivity contribution in [1.29, 1.82) is 0 Å². The average Bonchev–Trinajstić information content (AvgIpc) is 2.73. The number of sulfonamides is 1. The van der Waals surface area contributed by atoms with Crippen LogP contribution in [0.25, 0.3) is 0 Å². The molecular weight excluding hydrogens is 332 g/mol. The monoisotopic (exact) mass is 352 g/mol. The lowest BCUT2D eigenvalue weighted by Crippen LogP contribution is -2.29. The minimum atomic E-state index is -3.52. The van der Waals surface area contributed by atoms with Gasteiger partial charge in [-0.15, -0.1) is 0 Å². The van der Waals surface area contributed by atoms with Gasteiger partial charge in [-0.25, -0.2) is 13.1 Å². The summed E-state index contributed by atoms with van der Waals surface area (Å²) in [6, 6.07) is 1.54. The zero-order valence-electron chi connectivity index (χ0n) is 11.5. The predicted molar refractivity (Wildman–Crippen MR) is 78.4 cm³/mol. The van der Waals surface area contributed by atoms with Crippen LogP contribution in [0.2, 0.25) is 0 Å². The topological polar surface area (TPSA) is 71.3 Å². The van der Waals surface area contributed by atoms with E-state index in [2.05, 4.69) is 39.8 Å². The molecule has 0 bridgehead atoms. The van der Waals surface area contributed by atoms with Crippen molar-refractivity contribution in [2.24, 2.45) is 5.92 Å². The maximum absolute atomic E-state index is 12.2. The second kappa shape index (κ2) is 7.42. The van der Waals surface area contributed by atoms with Crippen LogP contribution in [-0.4, -0.2) is 22.0 Å². The summed E-state index contributed by atoms with van der Waals surface area (Å²) in [5.74, 6) is 0.939. The van der Waals surface area contributed by atoms with Gasteiger partial charge < -0.3 is 9.73 Å². The maximum Gasteiger partial charge on any atom is 0.244 e. The van der Waals surface area contributed by atoms with Crippen LogP contribution in [0, 0.1) is 5.92 Å². The second-order valence-corrected chi connectivity index (χ2v) is 6.87. The summed E-state index contributed by atoms with van der Waals surface area (Å²) < 4.78 is 32.6.